The van der Waals surface area contributed by atoms with Crippen LogP contribution in [0.5, 0.6) is 0 Å². The van der Waals surface area contributed by atoms with Crippen molar-refractivity contribution in [1.29, 1.82) is 0 Å². The summed E-state index contributed by atoms with van der Waals surface area (Å²) in [7, 11) is 0. The summed E-state index contributed by atoms with van der Waals surface area (Å²) in [6.07, 6.45) is 0.982. The van der Waals surface area contributed by atoms with Crippen LogP contribution in [0.15, 0.2) is 66.0 Å². The summed E-state index contributed by atoms with van der Waals surface area (Å²) in [6.45, 7) is 1.56. The van der Waals surface area contributed by atoms with Gasteiger partial charge in [0.15, 0.2) is 0 Å². The number of nitrogens with zero attached hydrogens (tertiary/aromatic N) is 2. The fourth-order valence-corrected chi connectivity index (χ4v) is 5.19. The van der Waals surface area contributed by atoms with Crippen LogP contribution in [0.4, 0.5) is 0 Å². The molecule has 5 heteroatoms. The summed E-state index contributed by atoms with van der Waals surface area (Å²) in [4.78, 5) is 19.4. The van der Waals surface area contributed by atoms with E-state index in [4.69, 9.17) is 0 Å². The maximum atomic E-state index is 12.9. The molecule has 0 N–H and O–H groups in total. The fraction of sp³-hybridized carbons (Fsp3) is 0.238. The van der Waals surface area contributed by atoms with E-state index in [0.29, 0.717) is 10.9 Å². The Morgan fingerprint density at radius 1 is 1.00 bits per heavy atom. The third-order valence-electron chi connectivity index (χ3n) is 4.54. The molecule has 132 valence electrons. The Morgan fingerprint density at radius 3 is 2.50 bits per heavy atom. The molecule has 26 heavy (non-hydrogen) atoms. The molecular weight excluding hydrogens is 360 g/mol. The second-order valence-electron chi connectivity index (χ2n) is 6.25. The number of hydrogen-bond donors (Lipinski definition) is 0. The number of hydrogen-bond acceptors (Lipinski definition) is 4. The zero-order chi connectivity index (χ0) is 17.8. The van der Waals surface area contributed by atoms with E-state index < -0.39 is 0 Å². The minimum absolute atomic E-state index is 0.0535. The first kappa shape index (κ1) is 17.3. The Hall–Kier alpha value is -2.11. The van der Waals surface area contributed by atoms with Crippen LogP contribution in [0.25, 0.3) is 10.6 Å². The van der Waals surface area contributed by atoms with Gasteiger partial charge >= 0.3 is 0 Å². The van der Waals surface area contributed by atoms with Crippen LogP contribution < -0.4 is 0 Å². The highest BCUT2D eigenvalue weighted by Crippen LogP contribution is 2.34. The molecular formula is C21H20N2OS2. The van der Waals surface area contributed by atoms with Crippen molar-refractivity contribution in [3.63, 3.8) is 0 Å². The Bertz CT molecular complexity index is 864. The van der Waals surface area contributed by atoms with Gasteiger partial charge in [0.05, 0.1) is 0 Å². The van der Waals surface area contributed by atoms with Crippen molar-refractivity contribution in [3.8, 4) is 10.6 Å². The lowest BCUT2D eigenvalue weighted by atomic mass is 10.1. The molecule has 3 aromatic rings. The van der Waals surface area contributed by atoms with Crippen molar-refractivity contribution in [1.82, 2.24) is 9.88 Å². The van der Waals surface area contributed by atoms with E-state index >= 15 is 0 Å². The van der Waals surface area contributed by atoms with Crippen molar-refractivity contribution in [3.05, 3.63) is 77.3 Å². The van der Waals surface area contributed by atoms with Crippen LogP contribution in [-0.2, 0) is 0 Å². The Morgan fingerprint density at radius 2 is 1.73 bits per heavy atom. The Kier molecular flexibility index (Phi) is 5.37. The van der Waals surface area contributed by atoms with Crippen molar-refractivity contribution in [2.75, 3.05) is 18.8 Å². The lowest BCUT2D eigenvalue weighted by molar-refractivity contribution is 0.0761. The largest absolute Gasteiger partial charge is 0.336 e. The van der Waals surface area contributed by atoms with Gasteiger partial charge in [-0.2, -0.15) is 11.8 Å². The predicted octanol–water partition coefficient (Wildman–Crippen LogP) is 5.13. The van der Waals surface area contributed by atoms with Crippen molar-refractivity contribution in [2.45, 2.75) is 11.7 Å². The third kappa shape index (κ3) is 3.84. The van der Waals surface area contributed by atoms with Crippen LogP contribution in [-0.4, -0.2) is 34.6 Å². The molecule has 2 heterocycles. The standard InChI is InChI=1S/C21H20N2OS2/c24-21(18-15-26-20(22-18)17-9-5-2-6-10-17)23-12-11-19(25-14-13-23)16-7-3-1-4-8-16/h1-10,15,19H,11-14H2/t19-/m0/s1. The van der Waals surface area contributed by atoms with Crippen molar-refractivity contribution >= 4 is 29.0 Å². The van der Waals surface area contributed by atoms with Gasteiger partial charge < -0.3 is 4.90 Å². The number of thiazole rings is 1. The van der Waals surface area contributed by atoms with E-state index in [2.05, 4.69) is 29.2 Å². The number of benzene rings is 2. The topological polar surface area (TPSA) is 33.2 Å². The molecule has 1 aliphatic rings. The normalized spacial score (nSPS) is 17.7. The van der Waals surface area contributed by atoms with Crippen LogP contribution >= 0.6 is 23.1 Å². The lowest BCUT2D eigenvalue weighted by Crippen LogP contribution is -2.33. The quantitative estimate of drug-likeness (QED) is 0.631. The second-order valence-corrected chi connectivity index (χ2v) is 8.42. The molecule has 1 amide bonds. The van der Waals surface area contributed by atoms with E-state index in [1.807, 2.05) is 58.4 Å². The Labute approximate surface area is 162 Å². The van der Waals surface area contributed by atoms with Crippen LogP contribution in [0, 0.1) is 0 Å². The number of carbonyl (C=O) groups excluding carboxylic acids is 1. The number of aromatic nitrogens is 1. The van der Waals surface area contributed by atoms with E-state index in [1.54, 1.807) is 0 Å². The van der Waals surface area contributed by atoms with Crippen LogP contribution in [0.1, 0.15) is 27.7 Å². The van der Waals surface area contributed by atoms with Crippen molar-refractivity contribution < 1.29 is 4.79 Å². The monoisotopic (exact) mass is 380 g/mol. The summed E-state index contributed by atoms with van der Waals surface area (Å²) in [5.74, 6) is 1.01. The number of carbonyl (C=O) groups is 1. The number of amides is 1. The lowest BCUT2D eigenvalue weighted by Gasteiger charge is -2.19. The molecule has 2 aromatic carbocycles. The molecule has 1 atom stereocenters. The maximum Gasteiger partial charge on any atom is 0.273 e. The molecule has 0 spiro atoms. The van der Waals surface area contributed by atoms with E-state index in [1.165, 1.54) is 16.9 Å². The first-order valence-corrected chi connectivity index (χ1v) is 10.7. The average molecular weight is 381 g/mol. The zero-order valence-corrected chi connectivity index (χ0v) is 16.0. The van der Waals surface area contributed by atoms with Gasteiger partial charge in [0.2, 0.25) is 0 Å². The molecule has 3 nitrogen and oxygen atoms in total. The highest BCUT2D eigenvalue weighted by Gasteiger charge is 2.24. The zero-order valence-electron chi connectivity index (χ0n) is 14.4. The fourth-order valence-electron chi connectivity index (χ4n) is 3.15. The van der Waals surface area contributed by atoms with E-state index in [-0.39, 0.29) is 5.91 Å². The minimum atomic E-state index is 0.0535. The van der Waals surface area contributed by atoms with Gasteiger partial charge in [0.1, 0.15) is 10.7 Å². The van der Waals surface area contributed by atoms with E-state index in [0.717, 1.165) is 35.8 Å². The molecule has 0 bridgehead atoms. The molecule has 4 rings (SSSR count). The molecule has 0 radical (unpaired) electrons. The SMILES string of the molecule is O=C(c1csc(-c2ccccc2)n1)N1CCS[C@H](c2ccccc2)CC1. The number of rotatable bonds is 3. The van der Waals surface area contributed by atoms with Gasteiger partial charge in [-0.1, -0.05) is 60.7 Å². The third-order valence-corrected chi connectivity index (χ3v) is 6.76. The molecule has 0 aliphatic carbocycles. The van der Waals surface area contributed by atoms with Gasteiger partial charge in [-0.05, 0) is 12.0 Å². The van der Waals surface area contributed by atoms with Gasteiger partial charge in [-0.3, -0.25) is 4.79 Å². The van der Waals surface area contributed by atoms with Crippen molar-refractivity contribution in [2.24, 2.45) is 0 Å². The highest BCUT2D eigenvalue weighted by molar-refractivity contribution is 7.99. The summed E-state index contributed by atoms with van der Waals surface area (Å²) in [5.41, 5.74) is 2.98. The number of thioether (sulfide) groups is 1. The molecule has 1 fully saturated rings. The van der Waals surface area contributed by atoms with Crippen LogP contribution in [0.3, 0.4) is 0 Å². The molecule has 1 aliphatic heterocycles. The maximum absolute atomic E-state index is 12.9. The summed E-state index contributed by atoms with van der Waals surface area (Å²) < 4.78 is 0. The summed E-state index contributed by atoms with van der Waals surface area (Å²) >= 11 is 3.48. The first-order chi connectivity index (χ1) is 12.8. The van der Waals surface area contributed by atoms with Gasteiger partial charge in [0, 0.05) is 35.0 Å². The van der Waals surface area contributed by atoms with E-state index in [9.17, 15) is 4.79 Å². The van der Waals surface area contributed by atoms with Gasteiger partial charge in [-0.15, -0.1) is 11.3 Å². The second kappa shape index (κ2) is 8.06. The highest BCUT2D eigenvalue weighted by atomic mass is 32.2. The minimum Gasteiger partial charge on any atom is -0.336 e. The summed E-state index contributed by atoms with van der Waals surface area (Å²) in [6, 6.07) is 20.6. The average Bonchev–Trinajstić information content (AvgIpc) is 3.07. The van der Waals surface area contributed by atoms with Crippen LogP contribution in [0.2, 0.25) is 0 Å². The van der Waals surface area contributed by atoms with Gasteiger partial charge in [-0.25, -0.2) is 4.98 Å². The molecule has 1 aromatic heterocycles. The smallest absolute Gasteiger partial charge is 0.273 e. The molecule has 1 saturated heterocycles. The predicted molar refractivity (Wildman–Crippen MR) is 110 cm³/mol. The van der Waals surface area contributed by atoms with Gasteiger partial charge in [0.25, 0.3) is 5.91 Å². The summed E-state index contributed by atoms with van der Waals surface area (Å²) in [5, 5.41) is 3.25. The molecule has 0 saturated carbocycles. The first-order valence-electron chi connectivity index (χ1n) is 8.78. The molecule has 0 unspecified atom stereocenters. The Balaban J connectivity index is 1.45.